The summed E-state index contributed by atoms with van der Waals surface area (Å²) in [4.78, 5) is 25.3. The molecule has 0 radical (unpaired) electrons. The third-order valence-electron chi connectivity index (χ3n) is 5.70. The normalized spacial score (nSPS) is 10.8. The number of aryl methyl sites for hydroxylation is 2. The average molecular weight is 475 g/mol. The van der Waals surface area contributed by atoms with Gasteiger partial charge in [0.1, 0.15) is 12.2 Å². The molecule has 1 aromatic heterocycles. The van der Waals surface area contributed by atoms with E-state index in [1.165, 1.54) is 7.11 Å². The lowest BCUT2D eigenvalue weighted by Gasteiger charge is -2.15. The number of rotatable bonds is 7. The summed E-state index contributed by atoms with van der Waals surface area (Å²) in [6, 6.07) is 15.8. The molecule has 0 saturated heterocycles. The van der Waals surface area contributed by atoms with Gasteiger partial charge in [-0.25, -0.2) is 4.79 Å². The smallest absolute Gasteiger partial charge is 0.337 e. The summed E-state index contributed by atoms with van der Waals surface area (Å²) in [7, 11) is 4.43. The van der Waals surface area contributed by atoms with Crippen LogP contribution in [0.25, 0.3) is 22.3 Å². The zero-order valence-electron chi connectivity index (χ0n) is 20.3. The molecule has 7 heteroatoms. The second kappa shape index (κ2) is 9.93. The summed E-state index contributed by atoms with van der Waals surface area (Å²) in [5.74, 6) is 1.01. The highest BCUT2D eigenvalue weighted by Gasteiger charge is 2.21. The Hall–Kier alpha value is -4.26. The largest absolute Gasteiger partial charge is 0.493 e. The van der Waals surface area contributed by atoms with Crippen LogP contribution in [0.2, 0.25) is 0 Å². The van der Waals surface area contributed by atoms with Crippen LogP contribution in [-0.2, 0) is 11.3 Å². The first-order valence-corrected chi connectivity index (χ1v) is 11.0. The molecule has 0 N–H and O–H groups in total. The van der Waals surface area contributed by atoms with Crippen molar-refractivity contribution in [1.29, 1.82) is 0 Å². The van der Waals surface area contributed by atoms with E-state index in [-0.39, 0.29) is 17.8 Å². The Balaban J connectivity index is 1.82. The molecule has 180 valence electrons. The number of hydrogen-bond donors (Lipinski definition) is 0. The summed E-state index contributed by atoms with van der Waals surface area (Å²) >= 11 is 0. The molecule has 0 bridgehead atoms. The van der Waals surface area contributed by atoms with E-state index in [0.717, 1.165) is 16.7 Å². The lowest BCUT2D eigenvalue weighted by Crippen LogP contribution is -2.11. The van der Waals surface area contributed by atoms with E-state index in [2.05, 4.69) is 0 Å². The average Bonchev–Trinajstić information content (AvgIpc) is 2.86. The van der Waals surface area contributed by atoms with Gasteiger partial charge < -0.3 is 23.4 Å². The Bertz CT molecular complexity index is 1450. The summed E-state index contributed by atoms with van der Waals surface area (Å²) in [6.07, 6.45) is 0. The molecule has 7 nitrogen and oxygen atoms in total. The first-order chi connectivity index (χ1) is 16.9. The minimum atomic E-state index is -0.422. The van der Waals surface area contributed by atoms with Crippen molar-refractivity contribution in [2.75, 3.05) is 21.3 Å². The van der Waals surface area contributed by atoms with E-state index in [4.69, 9.17) is 23.4 Å². The number of benzene rings is 3. The van der Waals surface area contributed by atoms with Gasteiger partial charge in [-0.3, -0.25) is 4.79 Å². The molecule has 4 aromatic rings. The predicted octanol–water partition coefficient (Wildman–Crippen LogP) is 5.46. The van der Waals surface area contributed by atoms with Crippen molar-refractivity contribution < 1.29 is 28.2 Å². The summed E-state index contributed by atoms with van der Waals surface area (Å²) in [6.45, 7) is 3.92. The maximum Gasteiger partial charge on any atom is 0.337 e. The molecule has 0 atom stereocenters. The first-order valence-electron chi connectivity index (χ1n) is 11.0. The molecule has 0 saturated carbocycles. The monoisotopic (exact) mass is 474 g/mol. The predicted molar refractivity (Wildman–Crippen MR) is 133 cm³/mol. The van der Waals surface area contributed by atoms with E-state index in [9.17, 15) is 9.59 Å². The van der Waals surface area contributed by atoms with E-state index < -0.39 is 5.97 Å². The van der Waals surface area contributed by atoms with Crippen molar-refractivity contribution in [2.45, 2.75) is 20.5 Å². The number of hydrogen-bond acceptors (Lipinski definition) is 7. The molecule has 0 aliphatic carbocycles. The quantitative estimate of drug-likeness (QED) is 0.329. The third kappa shape index (κ3) is 4.71. The summed E-state index contributed by atoms with van der Waals surface area (Å²) in [5, 5.41) is 0.468. The minimum absolute atomic E-state index is 0.0914. The molecular formula is C28H26O7. The van der Waals surface area contributed by atoms with Crippen molar-refractivity contribution in [3.8, 4) is 28.6 Å². The molecule has 0 aliphatic heterocycles. The van der Waals surface area contributed by atoms with Gasteiger partial charge in [0.05, 0.1) is 32.3 Å². The molecule has 0 unspecified atom stereocenters. The molecule has 0 fully saturated rings. The molecular weight excluding hydrogens is 448 g/mol. The summed E-state index contributed by atoms with van der Waals surface area (Å²) < 4.78 is 27.8. The standard InChI is InChI=1S/C28H26O7/c1-16-12-17(2)24-23(13-16)35-26(20-10-11-21(31-3)22(14-20)32-4)27(25(24)29)34-15-18-6-8-19(9-7-18)28(30)33-5/h6-14H,15H2,1-5H3. The zero-order valence-corrected chi connectivity index (χ0v) is 20.3. The molecule has 35 heavy (non-hydrogen) atoms. The van der Waals surface area contributed by atoms with Crippen LogP contribution in [0.4, 0.5) is 0 Å². The highest BCUT2D eigenvalue weighted by Crippen LogP contribution is 2.37. The first kappa shape index (κ1) is 23.9. The van der Waals surface area contributed by atoms with Gasteiger partial charge in [-0.2, -0.15) is 0 Å². The van der Waals surface area contributed by atoms with Crippen LogP contribution in [0, 0.1) is 13.8 Å². The van der Waals surface area contributed by atoms with Crippen LogP contribution < -0.4 is 19.6 Å². The van der Waals surface area contributed by atoms with Crippen LogP contribution in [0.15, 0.2) is 63.8 Å². The number of carbonyl (C=O) groups excluding carboxylic acids is 1. The van der Waals surface area contributed by atoms with Crippen molar-refractivity contribution >= 4 is 16.9 Å². The van der Waals surface area contributed by atoms with Gasteiger partial charge in [-0.05, 0) is 66.9 Å². The Labute approximate surface area is 202 Å². The Morgan fingerprint density at radius 1 is 0.886 bits per heavy atom. The van der Waals surface area contributed by atoms with Crippen molar-refractivity contribution in [3.05, 3.63) is 87.1 Å². The molecule has 0 aliphatic rings. The van der Waals surface area contributed by atoms with Gasteiger partial charge in [0.15, 0.2) is 17.3 Å². The van der Waals surface area contributed by atoms with Crippen molar-refractivity contribution in [3.63, 3.8) is 0 Å². The Morgan fingerprint density at radius 2 is 1.60 bits per heavy atom. The fraction of sp³-hybridized carbons (Fsp3) is 0.214. The number of fused-ring (bicyclic) bond motifs is 1. The SMILES string of the molecule is COC(=O)c1ccc(COc2c(-c3ccc(OC)c(OC)c3)oc3cc(C)cc(C)c3c2=O)cc1. The minimum Gasteiger partial charge on any atom is -0.493 e. The number of ether oxygens (including phenoxy) is 4. The maximum atomic E-state index is 13.6. The van der Waals surface area contributed by atoms with Gasteiger partial charge in [-0.15, -0.1) is 0 Å². The number of esters is 1. The third-order valence-corrected chi connectivity index (χ3v) is 5.70. The zero-order chi connectivity index (χ0) is 25.1. The van der Waals surface area contributed by atoms with E-state index in [1.807, 2.05) is 26.0 Å². The highest BCUT2D eigenvalue weighted by atomic mass is 16.5. The fourth-order valence-electron chi connectivity index (χ4n) is 3.98. The van der Waals surface area contributed by atoms with Crippen LogP contribution in [0.3, 0.4) is 0 Å². The van der Waals surface area contributed by atoms with Crippen LogP contribution in [0.1, 0.15) is 27.0 Å². The highest BCUT2D eigenvalue weighted by molar-refractivity contribution is 5.89. The second-order valence-corrected chi connectivity index (χ2v) is 8.09. The maximum absolute atomic E-state index is 13.6. The Morgan fingerprint density at radius 3 is 2.26 bits per heavy atom. The van der Waals surface area contributed by atoms with E-state index in [0.29, 0.717) is 39.4 Å². The van der Waals surface area contributed by atoms with E-state index >= 15 is 0 Å². The molecule has 1 heterocycles. The molecule has 0 amide bonds. The fourth-order valence-corrected chi connectivity index (χ4v) is 3.98. The molecule has 0 spiro atoms. The van der Waals surface area contributed by atoms with Gasteiger partial charge in [0.25, 0.3) is 0 Å². The summed E-state index contributed by atoms with van der Waals surface area (Å²) in [5.41, 5.74) is 3.81. The lowest BCUT2D eigenvalue weighted by molar-refractivity contribution is 0.0600. The molecule has 4 rings (SSSR count). The topological polar surface area (TPSA) is 84.2 Å². The van der Waals surface area contributed by atoms with E-state index in [1.54, 1.807) is 56.7 Å². The van der Waals surface area contributed by atoms with Crippen molar-refractivity contribution in [2.24, 2.45) is 0 Å². The number of carbonyl (C=O) groups is 1. The van der Waals surface area contributed by atoms with Gasteiger partial charge in [0, 0.05) is 5.56 Å². The second-order valence-electron chi connectivity index (χ2n) is 8.09. The van der Waals surface area contributed by atoms with Gasteiger partial charge in [-0.1, -0.05) is 18.2 Å². The Kier molecular flexibility index (Phi) is 6.78. The van der Waals surface area contributed by atoms with Crippen molar-refractivity contribution in [1.82, 2.24) is 0 Å². The van der Waals surface area contributed by atoms with Gasteiger partial charge in [0.2, 0.25) is 11.2 Å². The lowest BCUT2D eigenvalue weighted by atomic mass is 10.0. The van der Waals surface area contributed by atoms with Crippen LogP contribution in [-0.4, -0.2) is 27.3 Å². The van der Waals surface area contributed by atoms with Gasteiger partial charge >= 0.3 is 5.97 Å². The van der Waals surface area contributed by atoms with Crippen LogP contribution >= 0.6 is 0 Å². The number of methoxy groups -OCH3 is 3. The van der Waals surface area contributed by atoms with Crippen LogP contribution in [0.5, 0.6) is 17.2 Å². The molecule has 3 aromatic carbocycles.